The second-order valence-corrected chi connectivity index (χ2v) is 7.39. The van der Waals surface area contributed by atoms with Crippen molar-refractivity contribution in [3.63, 3.8) is 0 Å². The molecule has 1 aliphatic heterocycles. The lowest BCUT2D eigenvalue weighted by atomic mass is 10.1. The van der Waals surface area contributed by atoms with Gasteiger partial charge in [-0.25, -0.2) is 4.79 Å². The molecule has 5 nitrogen and oxygen atoms in total. The quantitative estimate of drug-likeness (QED) is 0.849. The highest BCUT2D eigenvalue weighted by molar-refractivity contribution is 6.31. The molecule has 1 N–H and O–H groups in total. The number of rotatable bonds is 4. The Kier molecular flexibility index (Phi) is 6.24. The molecule has 0 atom stereocenters. The first-order valence-corrected chi connectivity index (χ1v) is 9.52. The van der Waals surface area contributed by atoms with Crippen LogP contribution in [0.5, 0.6) is 5.75 Å². The summed E-state index contributed by atoms with van der Waals surface area (Å²) in [5.74, 6) is 0.567. The Morgan fingerprint density at radius 3 is 2.41 bits per heavy atom. The number of carbonyl (C=O) groups excluding carboxylic acids is 1. The number of hydrogen-bond donors (Lipinski definition) is 1. The molecule has 0 aliphatic carbocycles. The number of aryl methyl sites for hydroxylation is 2. The molecule has 1 fully saturated rings. The Bertz CT molecular complexity index is 800. The smallest absolute Gasteiger partial charge is 0.322 e. The molecule has 0 aromatic heterocycles. The SMILES string of the molecule is COc1cc(Cl)c(C)cc1NC(=O)N1CCN(Cc2ccc(C)cc2)CC1. The van der Waals surface area contributed by atoms with Crippen molar-refractivity contribution in [1.82, 2.24) is 9.80 Å². The number of piperazine rings is 1. The van der Waals surface area contributed by atoms with Crippen LogP contribution >= 0.6 is 11.6 Å². The van der Waals surface area contributed by atoms with E-state index < -0.39 is 0 Å². The molecular formula is C21H26ClN3O2. The molecule has 144 valence electrons. The third-order valence-corrected chi connectivity index (χ3v) is 5.32. The van der Waals surface area contributed by atoms with E-state index in [4.69, 9.17) is 16.3 Å². The van der Waals surface area contributed by atoms with Crippen LogP contribution < -0.4 is 10.1 Å². The lowest BCUT2D eigenvalue weighted by Gasteiger charge is -2.34. The molecule has 6 heteroatoms. The minimum absolute atomic E-state index is 0.106. The number of nitrogens with zero attached hydrogens (tertiary/aromatic N) is 2. The topological polar surface area (TPSA) is 44.8 Å². The van der Waals surface area contributed by atoms with E-state index in [9.17, 15) is 4.79 Å². The van der Waals surface area contributed by atoms with E-state index >= 15 is 0 Å². The van der Waals surface area contributed by atoms with Crippen LogP contribution in [0.4, 0.5) is 10.5 Å². The molecule has 2 aromatic carbocycles. The molecule has 2 amide bonds. The van der Waals surface area contributed by atoms with Crippen molar-refractivity contribution >= 4 is 23.3 Å². The predicted molar refractivity (Wildman–Crippen MR) is 110 cm³/mol. The van der Waals surface area contributed by atoms with Gasteiger partial charge < -0.3 is 15.0 Å². The number of benzene rings is 2. The second kappa shape index (κ2) is 8.63. The van der Waals surface area contributed by atoms with Gasteiger partial charge in [-0.05, 0) is 31.0 Å². The number of carbonyl (C=O) groups is 1. The Labute approximate surface area is 165 Å². The lowest BCUT2D eigenvalue weighted by molar-refractivity contribution is 0.143. The molecule has 27 heavy (non-hydrogen) atoms. The summed E-state index contributed by atoms with van der Waals surface area (Å²) >= 11 is 6.13. The Morgan fingerprint density at radius 1 is 1.11 bits per heavy atom. The monoisotopic (exact) mass is 387 g/mol. The summed E-state index contributed by atoms with van der Waals surface area (Å²) in [6.07, 6.45) is 0. The van der Waals surface area contributed by atoms with Crippen LogP contribution in [0.25, 0.3) is 0 Å². The number of methoxy groups -OCH3 is 1. The minimum atomic E-state index is -0.106. The summed E-state index contributed by atoms with van der Waals surface area (Å²) in [7, 11) is 1.57. The van der Waals surface area contributed by atoms with Crippen molar-refractivity contribution in [2.75, 3.05) is 38.6 Å². The summed E-state index contributed by atoms with van der Waals surface area (Å²) in [6.45, 7) is 8.04. The van der Waals surface area contributed by atoms with E-state index in [0.717, 1.165) is 25.2 Å². The molecule has 0 unspecified atom stereocenters. The zero-order chi connectivity index (χ0) is 19.4. The van der Waals surface area contributed by atoms with Crippen molar-refractivity contribution in [3.05, 3.63) is 58.1 Å². The normalized spacial score (nSPS) is 14.9. The molecular weight excluding hydrogens is 362 g/mol. The van der Waals surface area contributed by atoms with E-state index in [1.165, 1.54) is 11.1 Å². The summed E-state index contributed by atoms with van der Waals surface area (Å²) < 4.78 is 5.34. The number of hydrogen-bond acceptors (Lipinski definition) is 3. The van der Waals surface area contributed by atoms with Crippen molar-refractivity contribution in [1.29, 1.82) is 0 Å². The first kappa shape index (κ1) is 19.5. The molecule has 1 saturated heterocycles. The lowest BCUT2D eigenvalue weighted by Crippen LogP contribution is -2.49. The van der Waals surface area contributed by atoms with E-state index in [1.807, 2.05) is 17.9 Å². The molecule has 0 bridgehead atoms. The zero-order valence-electron chi connectivity index (χ0n) is 16.1. The standard InChI is InChI=1S/C21H26ClN3O2/c1-15-4-6-17(7-5-15)14-24-8-10-25(11-9-24)21(26)23-19-12-16(2)18(22)13-20(19)27-3/h4-7,12-13H,8-11,14H2,1-3H3,(H,23,26). The zero-order valence-corrected chi connectivity index (χ0v) is 16.8. The van der Waals surface area contributed by atoms with Gasteiger partial charge >= 0.3 is 6.03 Å². The van der Waals surface area contributed by atoms with Crippen LogP contribution in [-0.4, -0.2) is 49.1 Å². The van der Waals surface area contributed by atoms with E-state index in [0.29, 0.717) is 29.5 Å². The summed E-state index contributed by atoms with van der Waals surface area (Å²) in [5, 5.41) is 3.57. The maximum atomic E-state index is 12.6. The Balaban J connectivity index is 1.56. The van der Waals surface area contributed by atoms with Crippen molar-refractivity contribution in [3.8, 4) is 5.75 Å². The van der Waals surface area contributed by atoms with Gasteiger partial charge in [-0.15, -0.1) is 0 Å². The molecule has 0 radical (unpaired) electrons. The van der Waals surface area contributed by atoms with Crippen LogP contribution in [0.3, 0.4) is 0 Å². The summed E-state index contributed by atoms with van der Waals surface area (Å²) in [6, 6.07) is 12.1. The van der Waals surface area contributed by atoms with E-state index in [2.05, 4.69) is 41.4 Å². The van der Waals surface area contributed by atoms with Crippen LogP contribution in [0.2, 0.25) is 5.02 Å². The van der Waals surface area contributed by atoms with Crippen molar-refractivity contribution in [2.24, 2.45) is 0 Å². The van der Waals surface area contributed by atoms with Gasteiger partial charge in [-0.2, -0.15) is 0 Å². The van der Waals surface area contributed by atoms with Gasteiger partial charge in [0.15, 0.2) is 0 Å². The number of amides is 2. The van der Waals surface area contributed by atoms with Crippen LogP contribution in [0, 0.1) is 13.8 Å². The fraction of sp³-hybridized carbons (Fsp3) is 0.381. The second-order valence-electron chi connectivity index (χ2n) is 6.98. The van der Waals surface area contributed by atoms with E-state index in [1.54, 1.807) is 13.2 Å². The largest absolute Gasteiger partial charge is 0.495 e. The fourth-order valence-electron chi connectivity index (χ4n) is 3.18. The molecule has 1 aliphatic rings. The van der Waals surface area contributed by atoms with Crippen LogP contribution in [-0.2, 0) is 6.54 Å². The van der Waals surface area contributed by atoms with Gasteiger partial charge in [0.2, 0.25) is 0 Å². The van der Waals surface area contributed by atoms with Gasteiger partial charge in [0.25, 0.3) is 0 Å². The van der Waals surface area contributed by atoms with Crippen LogP contribution in [0.15, 0.2) is 36.4 Å². The molecule has 0 spiro atoms. The summed E-state index contributed by atoms with van der Waals surface area (Å²) in [4.78, 5) is 16.9. The predicted octanol–water partition coefficient (Wildman–Crippen LogP) is 4.32. The number of nitrogens with one attached hydrogen (secondary N) is 1. The fourth-order valence-corrected chi connectivity index (χ4v) is 3.34. The third-order valence-electron chi connectivity index (χ3n) is 4.91. The number of anilines is 1. The van der Waals surface area contributed by atoms with Crippen LogP contribution in [0.1, 0.15) is 16.7 Å². The first-order valence-electron chi connectivity index (χ1n) is 9.14. The highest BCUT2D eigenvalue weighted by Crippen LogP contribution is 2.31. The maximum Gasteiger partial charge on any atom is 0.322 e. The highest BCUT2D eigenvalue weighted by Gasteiger charge is 2.22. The molecule has 2 aromatic rings. The average molecular weight is 388 g/mol. The van der Waals surface area contributed by atoms with E-state index in [-0.39, 0.29) is 6.03 Å². The first-order chi connectivity index (χ1) is 13.0. The average Bonchev–Trinajstić information content (AvgIpc) is 2.67. The molecule has 0 saturated carbocycles. The number of urea groups is 1. The van der Waals surface area contributed by atoms with Crippen molar-refractivity contribution in [2.45, 2.75) is 20.4 Å². The van der Waals surface area contributed by atoms with Gasteiger partial charge in [-0.3, -0.25) is 4.90 Å². The van der Waals surface area contributed by atoms with Gasteiger partial charge in [0.05, 0.1) is 12.8 Å². The minimum Gasteiger partial charge on any atom is -0.495 e. The summed E-state index contributed by atoms with van der Waals surface area (Å²) in [5.41, 5.74) is 4.12. The highest BCUT2D eigenvalue weighted by atomic mass is 35.5. The third kappa shape index (κ3) is 4.93. The van der Waals surface area contributed by atoms with Gasteiger partial charge in [-0.1, -0.05) is 41.4 Å². The molecule has 1 heterocycles. The van der Waals surface area contributed by atoms with Gasteiger partial charge in [0.1, 0.15) is 5.75 Å². The maximum absolute atomic E-state index is 12.6. The van der Waals surface area contributed by atoms with Gasteiger partial charge in [0, 0.05) is 43.8 Å². The number of ether oxygens (including phenoxy) is 1. The molecule has 3 rings (SSSR count). The number of halogens is 1. The Morgan fingerprint density at radius 2 is 1.78 bits per heavy atom. The van der Waals surface area contributed by atoms with Crippen molar-refractivity contribution < 1.29 is 9.53 Å². The Hall–Kier alpha value is -2.24.